The summed E-state index contributed by atoms with van der Waals surface area (Å²) in [4.78, 5) is 0. The molecule has 0 amide bonds. The summed E-state index contributed by atoms with van der Waals surface area (Å²) >= 11 is 0. The van der Waals surface area contributed by atoms with Crippen molar-refractivity contribution in [1.29, 1.82) is 5.26 Å². The van der Waals surface area contributed by atoms with Crippen LogP contribution in [0.4, 0.5) is 5.69 Å². The first-order chi connectivity index (χ1) is 7.51. The molecule has 1 rings (SSSR count). The second kappa shape index (κ2) is 5.53. The Labute approximate surface area is 97.5 Å². The summed E-state index contributed by atoms with van der Waals surface area (Å²) < 4.78 is 0. The monoisotopic (exact) mass is 217 g/mol. The predicted octanol–water partition coefficient (Wildman–Crippen LogP) is 2.36. The highest BCUT2D eigenvalue weighted by Gasteiger charge is 2.06. The Morgan fingerprint density at radius 3 is 2.62 bits per heavy atom. The van der Waals surface area contributed by atoms with Crippen molar-refractivity contribution in [3.8, 4) is 6.07 Å². The minimum atomic E-state index is 0.149. The van der Waals surface area contributed by atoms with E-state index in [0.29, 0.717) is 5.56 Å². The maximum Gasteiger partial charge on any atom is 0.0992 e. The van der Waals surface area contributed by atoms with Gasteiger partial charge in [-0.3, -0.25) is 0 Å². The highest BCUT2D eigenvalue weighted by molar-refractivity contribution is 5.49. The molecule has 0 aliphatic heterocycles. The molecule has 1 aromatic rings. The molecule has 0 bridgehead atoms. The zero-order valence-electron chi connectivity index (χ0n) is 10.2. The molecule has 0 saturated carbocycles. The van der Waals surface area contributed by atoms with Crippen LogP contribution < -0.4 is 10.6 Å². The van der Waals surface area contributed by atoms with Crippen molar-refractivity contribution in [3.63, 3.8) is 0 Å². The standard InChI is InChI=1S/C13H19N3/c1-13(2,3)16-8-7-15-12-6-4-5-11(9-12)10-14/h4-6,9,15-16H,7-8H2,1-3H3. The lowest BCUT2D eigenvalue weighted by molar-refractivity contribution is 0.435. The number of nitrogens with zero attached hydrogens (tertiary/aromatic N) is 1. The Balaban J connectivity index is 2.35. The van der Waals surface area contributed by atoms with Crippen molar-refractivity contribution in [2.75, 3.05) is 18.4 Å². The van der Waals surface area contributed by atoms with Gasteiger partial charge in [-0.2, -0.15) is 5.26 Å². The van der Waals surface area contributed by atoms with Gasteiger partial charge in [0.1, 0.15) is 0 Å². The number of hydrogen-bond donors (Lipinski definition) is 2. The molecule has 0 fully saturated rings. The molecule has 2 N–H and O–H groups in total. The van der Waals surface area contributed by atoms with Crippen LogP contribution in [0.3, 0.4) is 0 Å². The fourth-order valence-corrected chi connectivity index (χ4v) is 1.34. The number of anilines is 1. The van der Waals surface area contributed by atoms with Crippen LogP contribution in [-0.2, 0) is 0 Å². The average molecular weight is 217 g/mol. The second-order valence-corrected chi connectivity index (χ2v) is 4.80. The quantitative estimate of drug-likeness (QED) is 0.761. The molecular weight excluding hydrogens is 198 g/mol. The summed E-state index contributed by atoms with van der Waals surface area (Å²) in [5, 5.41) is 15.4. The van der Waals surface area contributed by atoms with Crippen molar-refractivity contribution in [2.45, 2.75) is 26.3 Å². The minimum absolute atomic E-state index is 0.149. The Kier molecular flexibility index (Phi) is 4.33. The van der Waals surface area contributed by atoms with Gasteiger partial charge in [-0.25, -0.2) is 0 Å². The first kappa shape index (κ1) is 12.5. The van der Waals surface area contributed by atoms with Crippen LogP contribution in [0.1, 0.15) is 26.3 Å². The van der Waals surface area contributed by atoms with Crippen molar-refractivity contribution in [3.05, 3.63) is 29.8 Å². The van der Waals surface area contributed by atoms with E-state index in [0.717, 1.165) is 18.8 Å². The van der Waals surface area contributed by atoms with Crippen molar-refractivity contribution in [2.24, 2.45) is 0 Å². The predicted molar refractivity (Wildman–Crippen MR) is 67.4 cm³/mol. The largest absolute Gasteiger partial charge is 0.384 e. The molecule has 3 nitrogen and oxygen atoms in total. The fraction of sp³-hybridized carbons (Fsp3) is 0.462. The zero-order chi connectivity index (χ0) is 12.0. The van der Waals surface area contributed by atoms with Crippen LogP contribution in [0.25, 0.3) is 0 Å². The van der Waals surface area contributed by atoms with Crippen molar-refractivity contribution in [1.82, 2.24) is 5.32 Å². The molecule has 0 heterocycles. The highest BCUT2D eigenvalue weighted by Crippen LogP contribution is 2.08. The van der Waals surface area contributed by atoms with Crippen LogP contribution in [0.5, 0.6) is 0 Å². The Bertz CT molecular complexity index is 371. The highest BCUT2D eigenvalue weighted by atomic mass is 15.0. The third kappa shape index (κ3) is 4.81. The smallest absolute Gasteiger partial charge is 0.0992 e. The molecule has 0 unspecified atom stereocenters. The molecule has 0 radical (unpaired) electrons. The van der Waals surface area contributed by atoms with E-state index in [4.69, 9.17) is 5.26 Å². The van der Waals surface area contributed by atoms with Crippen LogP contribution in [-0.4, -0.2) is 18.6 Å². The lowest BCUT2D eigenvalue weighted by atomic mass is 10.1. The van der Waals surface area contributed by atoms with E-state index in [-0.39, 0.29) is 5.54 Å². The molecule has 0 aliphatic rings. The van der Waals surface area contributed by atoms with Gasteiger partial charge in [-0.15, -0.1) is 0 Å². The molecular formula is C13H19N3. The van der Waals surface area contributed by atoms with Gasteiger partial charge in [-0.05, 0) is 39.0 Å². The van der Waals surface area contributed by atoms with Gasteiger partial charge in [-0.1, -0.05) is 6.07 Å². The number of nitriles is 1. The van der Waals surface area contributed by atoms with E-state index in [1.54, 1.807) is 6.07 Å². The van der Waals surface area contributed by atoms with E-state index < -0.39 is 0 Å². The van der Waals surface area contributed by atoms with Gasteiger partial charge in [0.15, 0.2) is 0 Å². The van der Waals surface area contributed by atoms with Gasteiger partial charge in [0.05, 0.1) is 11.6 Å². The minimum Gasteiger partial charge on any atom is -0.384 e. The van der Waals surface area contributed by atoms with Gasteiger partial charge in [0.25, 0.3) is 0 Å². The third-order valence-electron chi connectivity index (χ3n) is 2.10. The molecule has 16 heavy (non-hydrogen) atoms. The molecule has 0 saturated heterocycles. The van der Waals surface area contributed by atoms with Gasteiger partial charge in [0.2, 0.25) is 0 Å². The van der Waals surface area contributed by atoms with Crippen molar-refractivity contribution < 1.29 is 0 Å². The summed E-state index contributed by atoms with van der Waals surface area (Å²) in [6, 6.07) is 9.65. The SMILES string of the molecule is CC(C)(C)NCCNc1cccc(C#N)c1. The van der Waals surface area contributed by atoms with Gasteiger partial charge in [0, 0.05) is 24.3 Å². The number of nitrogens with one attached hydrogen (secondary N) is 2. The Hall–Kier alpha value is -1.53. The average Bonchev–Trinajstić information content (AvgIpc) is 2.23. The van der Waals surface area contributed by atoms with Crippen LogP contribution in [0, 0.1) is 11.3 Å². The van der Waals surface area contributed by atoms with Crippen LogP contribution >= 0.6 is 0 Å². The first-order valence-corrected chi connectivity index (χ1v) is 5.50. The van der Waals surface area contributed by atoms with Gasteiger partial charge >= 0.3 is 0 Å². The second-order valence-electron chi connectivity index (χ2n) is 4.80. The van der Waals surface area contributed by atoms with E-state index >= 15 is 0 Å². The number of hydrogen-bond acceptors (Lipinski definition) is 3. The van der Waals surface area contributed by atoms with E-state index in [9.17, 15) is 0 Å². The summed E-state index contributed by atoms with van der Waals surface area (Å²) in [7, 11) is 0. The van der Waals surface area contributed by atoms with E-state index in [2.05, 4.69) is 37.5 Å². The molecule has 86 valence electrons. The molecule has 0 spiro atoms. The van der Waals surface area contributed by atoms with Crippen molar-refractivity contribution >= 4 is 5.69 Å². The summed E-state index contributed by atoms with van der Waals surface area (Å²) in [5.41, 5.74) is 1.83. The molecule has 3 heteroatoms. The fourth-order valence-electron chi connectivity index (χ4n) is 1.34. The Morgan fingerprint density at radius 2 is 2.00 bits per heavy atom. The first-order valence-electron chi connectivity index (χ1n) is 5.50. The van der Waals surface area contributed by atoms with Crippen LogP contribution in [0.2, 0.25) is 0 Å². The summed E-state index contributed by atoms with van der Waals surface area (Å²) in [5.74, 6) is 0. The lowest BCUT2D eigenvalue weighted by Crippen LogP contribution is -2.38. The van der Waals surface area contributed by atoms with Crippen LogP contribution in [0.15, 0.2) is 24.3 Å². The number of benzene rings is 1. The molecule has 1 aromatic carbocycles. The van der Waals surface area contributed by atoms with E-state index in [1.807, 2.05) is 18.2 Å². The maximum absolute atomic E-state index is 8.75. The topological polar surface area (TPSA) is 47.8 Å². The molecule has 0 atom stereocenters. The molecule has 0 aromatic heterocycles. The number of rotatable bonds is 4. The summed E-state index contributed by atoms with van der Waals surface area (Å²) in [6.45, 7) is 8.18. The summed E-state index contributed by atoms with van der Waals surface area (Å²) in [6.07, 6.45) is 0. The van der Waals surface area contributed by atoms with Gasteiger partial charge < -0.3 is 10.6 Å². The zero-order valence-corrected chi connectivity index (χ0v) is 10.2. The maximum atomic E-state index is 8.75. The normalized spacial score (nSPS) is 10.9. The van der Waals surface area contributed by atoms with E-state index in [1.165, 1.54) is 0 Å². The molecule has 0 aliphatic carbocycles. The Morgan fingerprint density at radius 1 is 1.25 bits per heavy atom. The third-order valence-corrected chi connectivity index (χ3v) is 2.10. The lowest BCUT2D eigenvalue weighted by Gasteiger charge is -2.20.